The number of ether oxygens (including phenoxy) is 1. The van der Waals surface area contributed by atoms with Crippen molar-refractivity contribution in [2.24, 2.45) is 0 Å². The Balaban J connectivity index is 2.25. The Kier molecular flexibility index (Phi) is 2.27. The van der Waals surface area contributed by atoms with Gasteiger partial charge in [0.2, 0.25) is 5.95 Å². The van der Waals surface area contributed by atoms with E-state index in [4.69, 9.17) is 22.1 Å². The lowest BCUT2D eigenvalue weighted by atomic mass is 10.0. The fraction of sp³-hybridized carbons (Fsp3) is 0.455. The maximum atomic E-state index is 5.98. The summed E-state index contributed by atoms with van der Waals surface area (Å²) in [5.74, 6) is 0.461. The first-order valence-electron chi connectivity index (χ1n) is 5.48. The van der Waals surface area contributed by atoms with Crippen LogP contribution in [-0.4, -0.2) is 27.7 Å². The first-order chi connectivity index (χ1) is 8.10. The first kappa shape index (κ1) is 10.8. The topological polar surface area (TPSA) is 66.0 Å². The fourth-order valence-electron chi connectivity index (χ4n) is 2.32. The molecule has 90 valence electrons. The highest BCUT2D eigenvalue weighted by atomic mass is 35.5. The quantitative estimate of drug-likeness (QED) is 0.841. The third-order valence-corrected chi connectivity index (χ3v) is 3.43. The van der Waals surface area contributed by atoms with Gasteiger partial charge in [-0.1, -0.05) is 11.6 Å². The SMILES string of the molecule is CC1(n2c(N)nc3cc(Cl)cnc32)CCOC1. The van der Waals surface area contributed by atoms with E-state index in [0.717, 1.165) is 24.2 Å². The number of fused-ring (bicyclic) bond motifs is 1. The van der Waals surface area contributed by atoms with Gasteiger partial charge in [-0.2, -0.15) is 0 Å². The van der Waals surface area contributed by atoms with Crippen molar-refractivity contribution < 1.29 is 4.74 Å². The number of rotatable bonds is 1. The minimum Gasteiger partial charge on any atom is -0.379 e. The smallest absolute Gasteiger partial charge is 0.203 e. The van der Waals surface area contributed by atoms with Crippen molar-refractivity contribution in [3.05, 3.63) is 17.3 Å². The number of pyridine rings is 1. The largest absolute Gasteiger partial charge is 0.379 e. The van der Waals surface area contributed by atoms with Crippen LogP contribution in [0.1, 0.15) is 13.3 Å². The number of nitrogens with two attached hydrogens (primary N) is 1. The Bertz CT molecular complexity index is 574. The summed E-state index contributed by atoms with van der Waals surface area (Å²) >= 11 is 5.90. The van der Waals surface area contributed by atoms with Crippen LogP contribution in [0.3, 0.4) is 0 Å². The molecule has 3 heterocycles. The van der Waals surface area contributed by atoms with Crippen molar-refractivity contribution in [3.63, 3.8) is 0 Å². The molecule has 2 aromatic heterocycles. The van der Waals surface area contributed by atoms with E-state index < -0.39 is 0 Å². The van der Waals surface area contributed by atoms with Gasteiger partial charge in [-0.05, 0) is 19.4 Å². The fourth-order valence-corrected chi connectivity index (χ4v) is 2.47. The molecular formula is C11H13ClN4O. The van der Waals surface area contributed by atoms with Crippen molar-refractivity contribution in [2.75, 3.05) is 18.9 Å². The van der Waals surface area contributed by atoms with E-state index in [9.17, 15) is 0 Å². The summed E-state index contributed by atoms with van der Waals surface area (Å²) in [7, 11) is 0. The van der Waals surface area contributed by atoms with E-state index in [2.05, 4.69) is 16.9 Å². The van der Waals surface area contributed by atoms with Crippen LogP contribution in [0, 0.1) is 0 Å². The molecule has 0 bridgehead atoms. The Morgan fingerprint density at radius 2 is 2.41 bits per heavy atom. The number of aromatic nitrogens is 3. The minimum atomic E-state index is -0.167. The number of anilines is 1. The Morgan fingerprint density at radius 3 is 3.12 bits per heavy atom. The molecule has 0 radical (unpaired) electrons. The molecule has 5 nitrogen and oxygen atoms in total. The molecule has 1 unspecified atom stereocenters. The Labute approximate surface area is 104 Å². The van der Waals surface area contributed by atoms with Crippen molar-refractivity contribution >= 4 is 28.7 Å². The summed E-state index contributed by atoms with van der Waals surface area (Å²) < 4.78 is 7.40. The van der Waals surface area contributed by atoms with Crippen LogP contribution < -0.4 is 5.73 Å². The highest BCUT2D eigenvalue weighted by Gasteiger charge is 2.35. The van der Waals surface area contributed by atoms with Gasteiger partial charge >= 0.3 is 0 Å². The van der Waals surface area contributed by atoms with E-state index in [0.29, 0.717) is 17.6 Å². The highest BCUT2D eigenvalue weighted by molar-refractivity contribution is 6.31. The van der Waals surface area contributed by atoms with E-state index in [-0.39, 0.29) is 5.54 Å². The van der Waals surface area contributed by atoms with Crippen LogP contribution in [-0.2, 0) is 10.3 Å². The number of nitrogen functional groups attached to an aromatic ring is 1. The zero-order valence-electron chi connectivity index (χ0n) is 9.48. The molecule has 1 saturated heterocycles. The number of imidazole rings is 1. The van der Waals surface area contributed by atoms with Crippen molar-refractivity contribution in [1.82, 2.24) is 14.5 Å². The molecule has 6 heteroatoms. The molecule has 1 aliphatic rings. The van der Waals surface area contributed by atoms with E-state index in [1.54, 1.807) is 12.3 Å². The van der Waals surface area contributed by atoms with Crippen LogP contribution in [0.15, 0.2) is 12.3 Å². The predicted molar refractivity (Wildman–Crippen MR) is 66.0 cm³/mol. The van der Waals surface area contributed by atoms with Gasteiger partial charge in [0.1, 0.15) is 5.52 Å². The molecular weight excluding hydrogens is 240 g/mol. The highest BCUT2D eigenvalue weighted by Crippen LogP contribution is 2.33. The third-order valence-electron chi connectivity index (χ3n) is 3.23. The summed E-state index contributed by atoms with van der Waals surface area (Å²) in [6.45, 7) is 3.48. The maximum absolute atomic E-state index is 5.98. The van der Waals surface area contributed by atoms with Gasteiger partial charge in [0.25, 0.3) is 0 Å². The Morgan fingerprint density at radius 1 is 1.59 bits per heavy atom. The first-order valence-corrected chi connectivity index (χ1v) is 5.86. The predicted octanol–water partition coefficient (Wildman–Crippen LogP) is 1.80. The van der Waals surface area contributed by atoms with Crippen LogP contribution in [0.5, 0.6) is 0 Å². The monoisotopic (exact) mass is 252 g/mol. The van der Waals surface area contributed by atoms with Crippen LogP contribution in [0.2, 0.25) is 5.02 Å². The summed E-state index contributed by atoms with van der Waals surface area (Å²) in [5, 5.41) is 0.565. The number of hydrogen-bond donors (Lipinski definition) is 1. The lowest BCUT2D eigenvalue weighted by molar-refractivity contribution is 0.164. The van der Waals surface area contributed by atoms with Crippen molar-refractivity contribution in [2.45, 2.75) is 18.9 Å². The number of halogens is 1. The van der Waals surface area contributed by atoms with Crippen LogP contribution >= 0.6 is 11.6 Å². The molecule has 0 saturated carbocycles. The lowest BCUT2D eigenvalue weighted by Crippen LogP contribution is -2.31. The summed E-state index contributed by atoms with van der Waals surface area (Å²) in [5.41, 5.74) is 7.30. The molecule has 1 atom stereocenters. The Hall–Kier alpha value is -1.33. The van der Waals surface area contributed by atoms with Gasteiger partial charge in [0.15, 0.2) is 5.65 Å². The van der Waals surface area contributed by atoms with Gasteiger partial charge in [-0.25, -0.2) is 9.97 Å². The molecule has 0 spiro atoms. The molecule has 17 heavy (non-hydrogen) atoms. The average Bonchev–Trinajstić information content (AvgIpc) is 2.81. The average molecular weight is 253 g/mol. The summed E-state index contributed by atoms with van der Waals surface area (Å²) in [6, 6.07) is 1.77. The molecule has 3 rings (SSSR count). The van der Waals surface area contributed by atoms with Gasteiger partial charge < -0.3 is 10.5 Å². The molecule has 0 aromatic carbocycles. The molecule has 0 aliphatic carbocycles. The number of hydrogen-bond acceptors (Lipinski definition) is 4. The minimum absolute atomic E-state index is 0.167. The van der Waals surface area contributed by atoms with Crippen molar-refractivity contribution in [3.8, 4) is 0 Å². The third kappa shape index (κ3) is 1.57. The second-order valence-electron chi connectivity index (χ2n) is 4.60. The standard InChI is InChI=1S/C11H13ClN4O/c1-11(2-3-17-6-11)16-9-8(15-10(16)13)4-7(12)5-14-9/h4-5H,2-3,6H2,1H3,(H2,13,15). The van der Waals surface area contributed by atoms with Gasteiger partial charge in [0.05, 0.1) is 17.2 Å². The van der Waals surface area contributed by atoms with E-state index in [1.807, 2.05) is 4.57 Å². The molecule has 1 aliphatic heterocycles. The van der Waals surface area contributed by atoms with Gasteiger partial charge in [0, 0.05) is 12.8 Å². The summed E-state index contributed by atoms with van der Waals surface area (Å²) in [6.07, 6.45) is 2.52. The van der Waals surface area contributed by atoms with Crippen LogP contribution in [0.4, 0.5) is 5.95 Å². The molecule has 2 N–H and O–H groups in total. The van der Waals surface area contributed by atoms with E-state index >= 15 is 0 Å². The van der Waals surface area contributed by atoms with Crippen LogP contribution in [0.25, 0.3) is 11.2 Å². The van der Waals surface area contributed by atoms with Gasteiger partial charge in [-0.3, -0.25) is 4.57 Å². The normalized spacial score (nSPS) is 24.6. The molecule has 1 fully saturated rings. The lowest BCUT2D eigenvalue weighted by Gasteiger charge is -2.25. The zero-order chi connectivity index (χ0) is 12.0. The maximum Gasteiger partial charge on any atom is 0.203 e. The summed E-state index contributed by atoms with van der Waals surface area (Å²) in [4.78, 5) is 8.63. The zero-order valence-corrected chi connectivity index (χ0v) is 10.2. The molecule has 2 aromatic rings. The van der Waals surface area contributed by atoms with E-state index in [1.165, 1.54) is 0 Å². The molecule has 0 amide bonds. The van der Waals surface area contributed by atoms with Gasteiger partial charge in [-0.15, -0.1) is 0 Å². The second kappa shape index (κ2) is 3.58. The number of nitrogens with zero attached hydrogens (tertiary/aromatic N) is 3. The van der Waals surface area contributed by atoms with Crippen molar-refractivity contribution in [1.29, 1.82) is 0 Å². The second-order valence-corrected chi connectivity index (χ2v) is 5.04.